The van der Waals surface area contributed by atoms with Crippen LogP contribution < -0.4 is 10.6 Å². The van der Waals surface area contributed by atoms with Crippen LogP contribution in [0.25, 0.3) is 0 Å². The first-order chi connectivity index (χ1) is 8.13. The molecule has 1 aliphatic rings. The molecule has 0 spiro atoms. The molecule has 4 heteroatoms. The first-order valence-corrected chi connectivity index (χ1v) is 7.03. The van der Waals surface area contributed by atoms with Crippen molar-refractivity contribution in [3.8, 4) is 0 Å². The Balaban J connectivity index is 1.68. The summed E-state index contributed by atoms with van der Waals surface area (Å²) in [4.78, 5) is 14.3. The van der Waals surface area contributed by atoms with Gasteiger partial charge in [-0.3, -0.25) is 4.79 Å². The average Bonchev–Trinajstić information content (AvgIpc) is 3.00. The fraction of sp³-hybridized carbons (Fsp3) is 0.615. The van der Waals surface area contributed by atoms with Crippen molar-refractivity contribution in [2.75, 3.05) is 6.54 Å². The highest BCUT2D eigenvalue weighted by atomic mass is 32.1. The number of nitrogens with one attached hydrogen (secondary N) is 2. The van der Waals surface area contributed by atoms with E-state index in [0.29, 0.717) is 12.6 Å². The molecule has 0 saturated heterocycles. The summed E-state index contributed by atoms with van der Waals surface area (Å²) >= 11 is 1.80. The molecule has 1 unspecified atom stereocenters. The zero-order chi connectivity index (χ0) is 12.3. The number of amides is 1. The van der Waals surface area contributed by atoms with E-state index in [2.05, 4.69) is 36.6 Å². The normalized spacial score (nSPS) is 16.8. The van der Waals surface area contributed by atoms with E-state index < -0.39 is 0 Å². The Bertz CT molecular complexity index is 385. The van der Waals surface area contributed by atoms with Crippen molar-refractivity contribution >= 4 is 17.2 Å². The molecular formula is C13H20N2OS. The van der Waals surface area contributed by atoms with Crippen LogP contribution in [0, 0.1) is 6.92 Å². The lowest BCUT2D eigenvalue weighted by Gasteiger charge is -2.13. The average molecular weight is 252 g/mol. The van der Waals surface area contributed by atoms with E-state index in [9.17, 15) is 4.79 Å². The van der Waals surface area contributed by atoms with Crippen LogP contribution in [0.15, 0.2) is 12.1 Å². The van der Waals surface area contributed by atoms with Crippen LogP contribution in [-0.4, -0.2) is 24.5 Å². The van der Waals surface area contributed by atoms with Crippen LogP contribution in [0.4, 0.5) is 0 Å². The van der Waals surface area contributed by atoms with E-state index in [-0.39, 0.29) is 11.9 Å². The van der Waals surface area contributed by atoms with Crippen molar-refractivity contribution in [1.82, 2.24) is 10.6 Å². The Hall–Kier alpha value is -0.870. The van der Waals surface area contributed by atoms with E-state index >= 15 is 0 Å². The van der Waals surface area contributed by atoms with Crippen LogP contribution in [-0.2, 0) is 11.2 Å². The quantitative estimate of drug-likeness (QED) is 0.811. The molecule has 2 N–H and O–H groups in total. The van der Waals surface area contributed by atoms with Crippen LogP contribution >= 0.6 is 11.3 Å². The standard InChI is InChI=1S/C13H20N2OS/c1-9(7-12-6-3-10(2)17-12)15-13(16)8-14-11-4-5-11/h3,6,9,11,14H,4-5,7-8H2,1-2H3,(H,15,16). The van der Waals surface area contributed by atoms with Gasteiger partial charge in [0.1, 0.15) is 0 Å². The molecular weight excluding hydrogens is 232 g/mol. The lowest BCUT2D eigenvalue weighted by atomic mass is 10.2. The molecule has 0 aliphatic heterocycles. The van der Waals surface area contributed by atoms with Gasteiger partial charge in [-0.15, -0.1) is 11.3 Å². The number of thiophene rings is 1. The maximum atomic E-state index is 11.6. The molecule has 1 aromatic heterocycles. The maximum absolute atomic E-state index is 11.6. The number of rotatable bonds is 6. The van der Waals surface area contributed by atoms with Crippen LogP contribution in [0.2, 0.25) is 0 Å². The van der Waals surface area contributed by atoms with Crippen LogP contribution in [0.5, 0.6) is 0 Å². The molecule has 1 fully saturated rings. The predicted octanol–water partition coefficient (Wildman–Crippen LogP) is 1.86. The Morgan fingerprint density at radius 3 is 2.88 bits per heavy atom. The summed E-state index contributed by atoms with van der Waals surface area (Å²) in [7, 11) is 0. The highest BCUT2D eigenvalue weighted by molar-refractivity contribution is 7.11. The molecule has 1 heterocycles. The van der Waals surface area contributed by atoms with Gasteiger partial charge < -0.3 is 10.6 Å². The van der Waals surface area contributed by atoms with Gasteiger partial charge >= 0.3 is 0 Å². The second-order valence-corrected chi connectivity index (χ2v) is 6.21. The first kappa shape index (κ1) is 12.6. The SMILES string of the molecule is Cc1ccc(CC(C)NC(=O)CNC2CC2)s1. The second kappa shape index (κ2) is 5.65. The van der Waals surface area contributed by atoms with Gasteiger partial charge in [0.05, 0.1) is 6.54 Å². The Morgan fingerprint density at radius 2 is 2.29 bits per heavy atom. The fourth-order valence-electron chi connectivity index (χ4n) is 1.80. The molecule has 0 radical (unpaired) electrons. The van der Waals surface area contributed by atoms with Gasteiger partial charge in [-0.1, -0.05) is 0 Å². The molecule has 2 rings (SSSR count). The molecule has 1 aliphatic carbocycles. The third kappa shape index (κ3) is 4.48. The Kier molecular flexibility index (Phi) is 4.18. The van der Waals surface area contributed by atoms with Gasteiger partial charge in [0.25, 0.3) is 0 Å². The topological polar surface area (TPSA) is 41.1 Å². The van der Waals surface area contributed by atoms with Gasteiger partial charge in [0.15, 0.2) is 0 Å². The highest BCUT2D eigenvalue weighted by Gasteiger charge is 2.21. The van der Waals surface area contributed by atoms with Crippen molar-refractivity contribution in [2.45, 2.75) is 45.2 Å². The first-order valence-electron chi connectivity index (χ1n) is 6.21. The van der Waals surface area contributed by atoms with Crippen LogP contribution in [0.3, 0.4) is 0 Å². The smallest absolute Gasteiger partial charge is 0.234 e. The second-order valence-electron chi connectivity index (χ2n) is 4.84. The molecule has 1 saturated carbocycles. The minimum Gasteiger partial charge on any atom is -0.352 e. The summed E-state index contributed by atoms with van der Waals surface area (Å²) < 4.78 is 0. The Labute approximate surface area is 107 Å². The third-order valence-corrected chi connectivity index (χ3v) is 3.86. The molecule has 3 nitrogen and oxygen atoms in total. The minimum atomic E-state index is 0.109. The van der Waals surface area contributed by atoms with Crippen LogP contribution in [0.1, 0.15) is 29.5 Å². The van der Waals surface area contributed by atoms with Gasteiger partial charge in [0.2, 0.25) is 5.91 Å². The number of carbonyl (C=O) groups excluding carboxylic acids is 1. The number of hydrogen-bond donors (Lipinski definition) is 2. The Morgan fingerprint density at radius 1 is 1.53 bits per heavy atom. The molecule has 1 aromatic rings. The molecule has 94 valence electrons. The third-order valence-electron chi connectivity index (χ3n) is 2.84. The van der Waals surface area contributed by atoms with E-state index in [1.165, 1.54) is 22.6 Å². The lowest BCUT2D eigenvalue weighted by molar-refractivity contribution is -0.120. The summed E-state index contributed by atoms with van der Waals surface area (Å²) in [5.74, 6) is 0.109. The van der Waals surface area contributed by atoms with Crippen molar-refractivity contribution in [3.63, 3.8) is 0 Å². The highest BCUT2D eigenvalue weighted by Crippen LogP contribution is 2.18. The number of carbonyl (C=O) groups is 1. The zero-order valence-electron chi connectivity index (χ0n) is 10.5. The van der Waals surface area contributed by atoms with Crippen molar-refractivity contribution in [1.29, 1.82) is 0 Å². The predicted molar refractivity (Wildman–Crippen MR) is 71.4 cm³/mol. The van der Waals surface area contributed by atoms with Gasteiger partial charge in [-0.2, -0.15) is 0 Å². The van der Waals surface area contributed by atoms with E-state index in [0.717, 1.165) is 6.42 Å². The van der Waals surface area contributed by atoms with Gasteiger partial charge in [-0.05, 0) is 38.8 Å². The summed E-state index contributed by atoms with van der Waals surface area (Å²) in [6.45, 7) is 4.62. The monoisotopic (exact) mass is 252 g/mol. The van der Waals surface area contributed by atoms with E-state index in [4.69, 9.17) is 0 Å². The number of hydrogen-bond acceptors (Lipinski definition) is 3. The van der Waals surface area contributed by atoms with Crippen molar-refractivity contribution in [2.24, 2.45) is 0 Å². The lowest BCUT2D eigenvalue weighted by Crippen LogP contribution is -2.40. The van der Waals surface area contributed by atoms with Crippen molar-refractivity contribution in [3.05, 3.63) is 21.9 Å². The maximum Gasteiger partial charge on any atom is 0.234 e. The van der Waals surface area contributed by atoms with Gasteiger partial charge in [0, 0.05) is 28.3 Å². The molecule has 0 aromatic carbocycles. The summed E-state index contributed by atoms with van der Waals surface area (Å²) in [5, 5.41) is 6.25. The van der Waals surface area contributed by atoms with E-state index in [1.807, 2.05) is 0 Å². The van der Waals surface area contributed by atoms with Crippen molar-refractivity contribution < 1.29 is 4.79 Å². The molecule has 1 atom stereocenters. The summed E-state index contributed by atoms with van der Waals surface area (Å²) in [5.41, 5.74) is 0. The van der Waals surface area contributed by atoms with E-state index in [1.54, 1.807) is 11.3 Å². The largest absolute Gasteiger partial charge is 0.352 e. The zero-order valence-corrected chi connectivity index (χ0v) is 11.3. The molecule has 1 amide bonds. The fourth-order valence-corrected chi connectivity index (χ4v) is 2.82. The van der Waals surface area contributed by atoms with Gasteiger partial charge in [-0.25, -0.2) is 0 Å². The summed E-state index contributed by atoms with van der Waals surface area (Å²) in [6.07, 6.45) is 3.36. The summed E-state index contributed by atoms with van der Waals surface area (Å²) in [6, 6.07) is 5.08. The molecule has 0 bridgehead atoms. The molecule has 17 heavy (non-hydrogen) atoms. The number of aryl methyl sites for hydroxylation is 1. The minimum absolute atomic E-state index is 0.109.